The van der Waals surface area contributed by atoms with Gasteiger partial charge >= 0.3 is 0 Å². The minimum Gasteiger partial charge on any atom is -0.383 e. The van der Waals surface area contributed by atoms with Gasteiger partial charge in [0, 0.05) is 30.0 Å². The molecular formula is C11H20N2O3S2. The smallest absolute Gasteiger partial charge is 0.241 e. The second-order valence-electron chi connectivity index (χ2n) is 3.80. The van der Waals surface area contributed by atoms with Crippen molar-refractivity contribution in [2.45, 2.75) is 25.3 Å². The van der Waals surface area contributed by atoms with E-state index in [9.17, 15) is 8.42 Å². The molecule has 0 aliphatic carbocycles. The van der Waals surface area contributed by atoms with Crippen molar-refractivity contribution in [3.8, 4) is 0 Å². The predicted molar refractivity (Wildman–Crippen MR) is 73.5 cm³/mol. The minimum absolute atomic E-state index is 0.288. The average Bonchev–Trinajstić information content (AvgIpc) is 2.69. The first kappa shape index (κ1) is 15.6. The summed E-state index contributed by atoms with van der Waals surface area (Å²) in [5.41, 5.74) is 0. The van der Waals surface area contributed by atoms with Crippen molar-refractivity contribution in [3.05, 3.63) is 15.8 Å². The quantitative estimate of drug-likeness (QED) is 0.704. The van der Waals surface area contributed by atoms with E-state index in [1.165, 1.54) is 11.3 Å². The van der Waals surface area contributed by atoms with Crippen LogP contribution in [0.3, 0.4) is 0 Å². The number of rotatable bonds is 8. The maximum absolute atomic E-state index is 12.0. The van der Waals surface area contributed by atoms with Crippen LogP contribution >= 0.6 is 11.3 Å². The molecule has 18 heavy (non-hydrogen) atoms. The van der Waals surface area contributed by atoms with E-state index in [-0.39, 0.29) is 6.54 Å². The number of thiophene rings is 1. The summed E-state index contributed by atoms with van der Waals surface area (Å²) in [5, 5.41) is 3.18. The van der Waals surface area contributed by atoms with Gasteiger partial charge in [0.05, 0.1) is 11.5 Å². The van der Waals surface area contributed by atoms with E-state index >= 15 is 0 Å². The summed E-state index contributed by atoms with van der Waals surface area (Å²) in [6.07, 6.45) is 0. The molecule has 0 aliphatic heterocycles. The maximum Gasteiger partial charge on any atom is 0.241 e. The number of hydrogen-bond acceptors (Lipinski definition) is 5. The summed E-state index contributed by atoms with van der Waals surface area (Å²) in [5.74, 6) is 0. The molecule has 1 rings (SSSR count). The fourth-order valence-electron chi connectivity index (χ4n) is 1.48. The Balaban J connectivity index is 2.78. The SMILES string of the molecule is CCNCc1cc(S(=O)(=O)NCCOC)c(C)s1. The van der Waals surface area contributed by atoms with Crippen LogP contribution in [0.15, 0.2) is 11.0 Å². The van der Waals surface area contributed by atoms with Crippen LogP contribution in [0.4, 0.5) is 0 Å². The third-order valence-electron chi connectivity index (χ3n) is 2.36. The van der Waals surface area contributed by atoms with Crippen molar-refractivity contribution in [3.63, 3.8) is 0 Å². The standard InChI is InChI=1S/C11H20N2O3S2/c1-4-12-8-10-7-11(9(2)17-10)18(14,15)13-5-6-16-3/h7,12-13H,4-6,8H2,1-3H3. The summed E-state index contributed by atoms with van der Waals surface area (Å²) in [7, 11) is -1.87. The molecule has 0 bridgehead atoms. The summed E-state index contributed by atoms with van der Waals surface area (Å²) in [6.45, 7) is 6.07. The van der Waals surface area contributed by atoms with Gasteiger partial charge in [-0.05, 0) is 19.5 Å². The first-order valence-electron chi connectivity index (χ1n) is 5.80. The van der Waals surface area contributed by atoms with E-state index in [1.807, 2.05) is 13.8 Å². The Bertz CT molecular complexity index is 469. The van der Waals surface area contributed by atoms with E-state index in [4.69, 9.17) is 4.74 Å². The molecule has 1 aromatic heterocycles. The largest absolute Gasteiger partial charge is 0.383 e. The molecule has 0 atom stereocenters. The summed E-state index contributed by atoms with van der Waals surface area (Å²) in [6, 6.07) is 1.73. The summed E-state index contributed by atoms with van der Waals surface area (Å²) < 4.78 is 31.4. The second kappa shape index (κ2) is 7.20. The fourth-order valence-corrected chi connectivity index (χ4v) is 4.10. The molecule has 0 amide bonds. The van der Waals surface area contributed by atoms with Crippen LogP contribution in [0.2, 0.25) is 0 Å². The van der Waals surface area contributed by atoms with E-state index in [2.05, 4.69) is 10.0 Å². The number of aryl methyl sites for hydroxylation is 1. The number of sulfonamides is 1. The molecule has 0 unspecified atom stereocenters. The van der Waals surface area contributed by atoms with Crippen LogP contribution in [-0.2, 0) is 21.3 Å². The van der Waals surface area contributed by atoms with Gasteiger partial charge in [-0.3, -0.25) is 0 Å². The van der Waals surface area contributed by atoms with Gasteiger partial charge in [-0.25, -0.2) is 13.1 Å². The van der Waals surface area contributed by atoms with Crippen LogP contribution in [-0.4, -0.2) is 35.2 Å². The van der Waals surface area contributed by atoms with Crippen LogP contribution in [0.1, 0.15) is 16.7 Å². The Labute approximate surface area is 113 Å². The summed E-state index contributed by atoms with van der Waals surface area (Å²) in [4.78, 5) is 2.21. The van der Waals surface area contributed by atoms with Gasteiger partial charge in [0.25, 0.3) is 0 Å². The molecule has 0 aliphatic rings. The van der Waals surface area contributed by atoms with E-state index in [0.717, 1.165) is 16.3 Å². The number of ether oxygens (including phenoxy) is 1. The van der Waals surface area contributed by atoms with Gasteiger partial charge in [0.1, 0.15) is 0 Å². The molecule has 0 aromatic carbocycles. The highest BCUT2D eigenvalue weighted by atomic mass is 32.2. The number of methoxy groups -OCH3 is 1. The minimum atomic E-state index is -3.41. The van der Waals surface area contributed by atoms with Crippen LogP contribution < -0.4 is 10.0 Å². The summed E-state index contributed by atoms with van der Waals surface area (Å²) >= 11 is 1.51. The van der Waals surface area contributed by atoms with Crippen molar-refractivity contribution < 1.29 is 13.2 Å². The molecule has 0 fully saturated rings. The van der Waals surface area contributed by atoms with Gasteiger partial charge < -0.3 is 10.1 Å². The van der Waals surface area contributed by atoms with Gasteiger partial charge in [-0.1, -0.05) is 6.92 Å². The molecule has 0 saturated carbocycles. The van der Waals surface area contributed by atoms with Gasteiger partial charge in [-0.2, -0.15) is 0 Å². The third kappa shape index (κ3) is 4.33. The molecule has 2 N–H and O–H groups in total. The Morgan fingerprint density at radius 3 is 2.78 bits per heavy atom. The lowest BCUT2D eigenvalue weighted by Crippen LogP contribution is -2.27. The zero-order valence-electron chi connectivity index (χ0n) is 10.9. The van der Waals surface area contributed by atoms with Crippen molar-refractivity contribution in [1.82, 2.24) is 10.0 Å². The van der Waals surface area contributed by atoms with Crippen LogP contribution in [0.5, 0.6) is 0 Å². The first-order valence-corrected chi connectivity index (χ1v) is 8.10. The highest BCUT2D eigenvalue weighted by molar-refractivity contribution is 7.89. The zero-order valence-corrected chi connectivity index (χ0v) is 12.6. The highest BCUT2D eigenvalue weighted by Crippen LogP contribution is 2.25. The Hall–Kier alpha value is -0.470. The van der Waals surface area contributed by atoms with Crippen molar-refractivity contribution in [1.29, 1.82) is 0 Å². The monoisotopic (exact) mass is 292 g/mol. The van der Waals surface area contributed by atoms with Gasteiger partial charge in [0.15, 0.2) is 0 Å². The van der Waals surface area contributed by atoms with Gasteiger partial charge in [-0.15, -0.1) is 11.3 Å². The third-order valence-corrected chi connectivity index (χ3v) is 5.13. The molecule has 0 spiro atoms. The van der Waals surface area contributed by atoms with E-state index in [0.29, 0.717) is 18.0 Å². The molecule has 0 radical (unpaired) electrons. The van der Waals surface area contributed by atoms with Gasteiger partial charge in [0.2, 0.25) is 10.0 Å². The number of nitrogens with one attached hydrogen (secondary N) is 2. The molecule has 0 saturated heterocycles. The molecule has 7 heteroatoms. The van der Waals surface area contributed by atoms with Crippen LogP contribution in [0.25, 0.3) is 0 Å². The Morgan fingerprint density at radius 1 is 1.44 bits per heavy atom. The molecule has 5 nitrogen and oxygen atoms in total. The lowest BCUT2D eigenvalue weighted by Gasteiger charge is -2.05. The van der Waals surface area contributed by atoms with Crippen molar-refractivity contribution >= 4 is 21.4 Å². The average molecular weight is 292 g/mol. The van der Waals surface area contributed by atoms with E-state index < -0.39 is 10.0 Å². The van der Waals surface area contributed by atoms with E-state index in [1.54, 1.807) is 13.2 Å². The van der Waals surface area contributed by atoms with Crippen LogP contribution in [0, 0.1) is 6.92 Å². The Morgan fingerprint density at radius 2 is 2.17 bits per heavy atom. The highest BCUT2D eigenvalue weighted by Gasteiger charge is 2.19. The van der Waals surface area contributed by atoms with Crippen molar-refractivity contribution in [2.75, 3.05) is 26.8 Å². The molecule has 1 heterocycles. The lowest BCUT2D eigenvalue weighted by atomic mass is 10.4. The second-order valence-corrected chi connectivity index (χ2v) is 6.88. The molecular weight excluding hydrogens is 272 g/mol. The molecule has 1 aromatic rings. The molecule has 104 valence electrons. The normalized spacial score (nSPS) is 11.9. The van der Waals surface area contributed by atoms with Crippen molar-refractivity contribution in [2.24, 2.45) is 0 Å². The maximum atomic E-state index is 12.0. The number of hydrogen-bond donors (Lipinski definition) is 2. The lowest BCUT2D eigenvalue weighted by molar-refractivity contribution is 0.204. The Kier molecular flexibility index (Phi) is 6.24. The topological polar surface area (TPSA) is 67.4 Å². The zero-order chi connectivity index (χ0) is 13.6. The fraction of sp³-hybridized carbons (Fsp3) is 0.636. The predicted octanol–water partition coefficient (Wildman–Crippen LogP) is 1.09. The first-order chi connectivity index (χ1) is 8.51.